The standard InChI is InChI=1S/C8H9N3/c9-5-6-2-1-3-7(4-6)8(10)11/h1-4,8H,10-11H2. The predicted molar refractivity (Wildman–Crippen MR) is 42.3 cm³/mol. The molecule has 0 fully saturated rings. The van der Waals surface area contributed by atoms with Gasteiger partial charge in [-0.05, 0) is 17.7 Å². The normalized spacial score (nSPS) is 9.64. The summed E-state index contributed by atoms with van der Waals surface area (Å²) in [6, 6.07) is 8.97. The molecule has 0 aromatic heterocycles. The Kier molecular flexibility index (Phi) is 2.21. The van der Waals surface area contributed by atoms with E-state index >= 15 is 0 Å². The van der Waals surface area contributed by atoms with Crippen molar-refractivity contribution in [1.82, 2.24) is 0 Å². The monoisotopic (exact) mass is 147 g/mol. The first-order valence-corrected chi connectivity index (χ1v) is 3.25. The van der Waals surface area contributed by atoms with E-state index in [-0.39, 0.29) is 0 Å². The van der Waals surface area contributed by atoms with Crippen LogP contribution in [0.2, 0.25) is 0 Å². The van der Waals surface area contributed by atoms with E-state index in [0.29, 0.717) is 5.56 Å². The number of nitriles is 1. The van der Waals surface area contributed by atoms with Gasteiger partial charge in [0, 0.05) is 0 Å². The molecule has 56 valence electrons. The van der Waals surface area contributed by atoms with Crippen LogP contribution in [0.3, 0.4) is 0 Å². The molecule has 0 aliphatic rings. The van der Waals surface area contributed by atoms with Crippen LogP contribution in [0, 0.1) is 11.3 Å². The minimum Gasteiger partial charge on any atom is -0.312 e. The second-order valence-electron chi connectivity index (χ2n) is 2.26. The maximum absolute atomic E-state index is 8.51. The minimum atomic E-state index is -0.497. The van der Waals surface area contributed by atoms with Crippen molar-refractivity contribution in [3.8, 4) is 6.07 Å². The minimum absolute atomic E-state index is 0.497. The van der Waals surface area contributed by atoms with Crippen LogP contribution < -0.4 is 11.5 Å². The van der Waals surface area contributed by atoms with Gasteiger partial charge >= 0.3 is 0 Å². The van der Waals surface area contributed by atoms with Gasteiger partial charge in [-0.1, -0.05) is 12.1 Å². The Morgan fingerprint density at radius 1 is 1.36 bits per heavy atom. The highest BCUT2D eigenvalue weighted by molar-refractivity contribution is 5.33. The van der Waals surface area contributed by atoms with Crippen LogP contribution in [-0.2, 0) is 0 Å². The van der Waals surface area contributed by atoms with Gasteiger partial charge in [0.2, 0.25) is 0 Å². The molecule has 0 spiro atoms. The first-order valence-electron chi connectivity index (χ1n) is 3.25. The van der Waals surface area contributed by atoms with Crippen LogP contribution in [0.5, 0.6) is 0 Å². The molecule has 11 heavy (non-hydrogen) atoms. The molecule has 3 heteroatoms. The Labute approximate surface area is 65.2 Å². The zero-order valence-electron chi connectivity index (χ0n) is 5.99. The third kappa shape index (κ3) is 1.77. The number of nitrogens with zero attached hydrogens (tertiary/aromatic N) is 1. The maximum Gasteiger partial charge on any atom is 0.0991 e. The smallest absolute Gasteiger partial charge is 0.0991 e. The van der Waals surface area contributed by atoms with Gasteiger partial charge in [-0.3, -0.25) is 0 Å². The Morgan fingerprint density at radius 3 is 2.64 bits per heavy atom. The Bertz CT molecular complexity index is 286. The molecule has 0 aliphatic carbocycles. The summed E-state index contributed by atoms with van der Waals surface area (Å²) in [5.74, 6) is 0. The third-order valence-corrected chi connectivity index (χ3v) is 1.40. The van der Waals surface area contributed by atoms with E-state index in [2.05, 4.69) is 0 Å². The average molecular weight is 147 g/mol. The number of rotatable bonds is 1. The molecule has 0 heterocycles. The topological polar surface area (TPSA) is 75.8 Å². The largest absolute Gasteiger partial charge is 0.312 e. The van der Waals surface area contributed by atoms with Crippen molar-refractivity contribution in [3.63, 3.8) is 0 Å². The Hall–Kier alpha value is -1.37. The van der Waals surface area contributed by atoms with Gasteiger partial charge in [-0.25, -0.2) is 0 Å². The number of hydrogen-bond acceptors (Lipinski definition) is 3. The van der Waals surface area contributed by atoms with Gasteiger partial charge in [0.25, 0.3) is 0 Å². The summed E-state index contributed by atoms with van der Waals surface area (Å²) in [6.07, 6.45) is -0.497. The average Bonchev–Trinajstić information content (AvgIpc) is 2.05. The lowest BCUT2D eigenvalue weighted by molar-refractivity contribution is 0.773. The number of nitrogens with two attached hydrogens (primary N) is 2. The second-order valence-corrected chi connectivity index (χ2v) is 2.26. The van der Waals surface area contributed by atoms with Crippen LogP contribution >= 0.6 is 0 Å². The molecule has 0 bridgehead atoms. The van der Waals surface area contributed by atoms with Crippen LogP contribution in [0.4, 0.5) is 0 Å². The fraction of sp³-hybridized carbons (Fsp3) is 0.125. The molecular formula is C8H9N3. The molecule has 4 N–H and O–H groups in total. The van der Waals surface area contributed by atoms with Gasteiger partial charge < -0.3 is 11.5 Å². The highest BCUT2D eigenvalue weighted by Crippen LogP contribution is 2.07. The van der Waals surface area contributed by atoms with E-state index in [0.717, 1.165) is 5.56 Å². The summed E-state index contributed by atoms with van der Waals surface area (Å²) in [7, 11) is 0. The van der Waals surface area contributed by atoms with E-state index in [4.69, 9.17) is 16.7 Å². The summed E-state index contributed by atoms with van der Waals surface area (Å²) in [4.78, 5) is 0. The summed E-state index contributed by atoms with van der Waals surface area (Å²) >= 11 is 0. The molecule has 0 radical (unpaired) electrons. The first-order chi connectivity index (χ1) is 5.24. The molecule has 1 rings (SSSR count). The molecule has 0 atom stereocenters. The molecule has 0 saturated carbocycles. The molecule has 1 aromatic carbocycles. The van der Waals surface area contributed by atoms with Gasteiger partial charge in [-0.2, -0.15) is 5.26 Å². The predicted octanol–water partition coefficient (Wildman–Crippen LogP) is 0.474. The van der Waals surface area contributed by atoms with Crippen molar-refractivity contribution in [1.29, 1.82) is 5.26 Å². The Morgan fingerprint density at radius 2 is 2.09 bits per heavy atom. The maximum atomic E-state index is 8.51. The van der Waals surface area contributed by atoms with Crippen LogP contribution in [0.1, 0.15) is 17.3 Å². The van der Waals surface area contributed by atoms with Crippen molar-refractivity contribution in [2.75, 3.05) is 0 Å². The van der Waals surface area contributed by atoms with Crippen molar-refractivity contribution >= 4 is 0 Å². The van der Waals surface area contributed by atoms with E-state index in [1.54, 1.807) is 24.3 Å². The van der Waals surface area contributed by atoms with E-state index in [9.17, 15) is 0 Å². The number of benzene rings is 1. The van der Waals surface area contributed by atoms with Crippen LogP contribution in [0.25, 0.3) is 0 Å². The summed E-state index contributed by atoms with van der Waals surface area (Å²) in [6.45, 7) is 0. The summed E-state index contributed by atoms with van der Waals surface area (Å²) < 4.78 is 0. The quantitative estimate of drug-likeness (QED) is 0.567. The zero-order valence-corrected chi connectivity index (χ0v) is 5.99. The van der Waals surface area contributed by atoms with Gasteiger partial charge in [0.1, 0.15) is 0 Å². The number of hydrogen-bond donors (Lipinski definition) is 2. The van der Waals surface area contributed by atoms with E-state index < -0.39 is 6.17 Å². The molecular weight excluding hydrogens is 138 g/mol. The van der Waals surface area contributed by atoms with Crippen LogP contribution in [0.15, 0.2) is 24.3 Å². The van der Waals surface area contributed by atoms with Gasteiger partial charge in [-0.15, -0.1) is 0 Å². The summed E-state index contributed by atoms with van der Waals surface area (Å²) in [5.41, 5.74) is 12.2. The van der Waals surface area contributed by atoms with Crippen molar-refractivity contribution in [2.24, 2.45) is 11.5 Å². The van der Waals surface area contributed by atoms with Crippen molar-refractivity contribution in [3.05, 3.63) is 35.4 Å². The lowest BCUT2D eigenvalue weighted by Crippen LogP contribution is -2.19. The molecule has 0 amide bonds. The van der Waals surface area contributed by atoms with Crippen LogP contribution in [-0.4, -0.2) is 0 Å². The highest BCUT2D eigenvalue weighted by Gasteiger charge is 1.98. The van der Waals surface area contributed by atoms with E-state index in [1.165, 1.54) is 0 Å². The van der Waals surface area contributed by atoms with Gasteiger partial charge in [0.15, 0.2) is 0 Å². The lowest BCUT2D eigenvalue weighted by Gasteiger charge is -2.03. The zero-order chi connectivity index (χ0) is 8.27. The third-order valence-electron chi connectivity index (χ3n) is 1.40. The van der Waals surface area contributed by atoms with Crippen molar-refractivity contribution in [2.45, 2.75) is 6.17 Å². The molecule has 3 nitrogen and oxygen atoms in total. The molecule has 0 aliphatic heterocycles. The lowest BCUT2D eigenvalue weighted by atomic mass is 10.1. The fourth-order valence-electron chi connectivity index (χ4n) is 0.816. The summed E-state index contributed by atoms with van der Waals surface area (Å²) in [5, 5.41) is 8.51. The van der Waals surface area contributed by atoms with E-state index in [1.807, 2.05) is 6.07 Å². The van der Waals surface area contributed by atoms with Gasteiger partial charge in [0.05, 0.1) is 17.8 Å². The SMILES string of the molecule is N#Cc1cccc(C(N)N)c1. The second kappa shape index (κ2) is 3.15. The Balaban J connectivity index is 3.03. The molecule has 0 saturated heterocycles. The molecule has 1 aromatic rings. The first kappa shape index (κ1) is 7.73. The fourth-order valence-corrected chi connectivity index (χ4v) is 0.816. The molecule has 0 unspecified atom stereocenters. The highest BCUT2D eigenvalue weighted by atomic mass is 14.8. The van der Waals surface area contributed by atoms with Crippen molar-refractivity contribution < 1.29 is 0 Å².